The topological polar surface area (TPSA) is 61.1 Å². The SMILES string of the molecule is N#Cc1c(I)ccc(Br)c1C(=O)O. The van der Waals surface area contributed by atoms with Crippen LogP contribution in [0.5, 0.6) is 0 Å². The van der Waals surface area contributed by atoms with Crippen LogP contribution in [0.15, 0.2) is 16.6 Å². The molecule has 66 valence electrons. The fraction of sp³-hybridized carbons (Fsp3) is 0. The van der Waals surface area contributed by atoms with Crippen molar-refractivity contribution in [2.45, 2.75) is 0 Å². The second-order valence-corrected chi connectivity index (χ2v) is 4.21. The summed E-state index contributed by atoms with van der Waals surface area (Å²) in [5.74, 6) is -1.10. The molecule has 0 saturated heterocycles. The van der Waals surface area contributed by atoms with E-state index in [1.807, 2.05) is 28.7 Å². The maximum absolute atomic E-state index is 10.8. The van der Waals surface area contributed by atoms with E-state index in [9.17, 15) is 4.79 Å². The molecule has 0 saturated carbocycles. The summed E-state index contributed by atoms with van der Waals surface area (Å²) >= 11 is 5.02. The maximum Gasteiger partial charge on any atom is 0.338 e. The van der Waals surface area contributed by atoms with Gasteiger partial charge in [-0.05, 0) is 50.7 Å². The van der Waals surface area contributed by atoms with Crippen LogP contribution in [-0.2, 0) is 0 Å². The van der Waals surface area contributed by atoms with Crippen LogP contribution in [0.3, 0.4) is 0 Å². The molecule has 0 amide bonds. The molecule has 3 nitrogen and oxygen atoms in total. The fourth-order valence-corrected chi connectivity index (χ4v) is 1.94. The number of nitrogens with zero attached hydrogens (tertiary/aromatic N) is 1. The number of rotatable bonds is 1. The molecule has 0 bridgehead atoms. The Morgan fingerprint density at radius 2 is 2.23 bits per heavy atom. The number of nitriles is 1. The predicted molar refractivity (Wildman–Crippen MR) is 58.5 cm³/mol. The number of hydrogen-bond donors (Lipinski definition) is 1. The number of carboxylic acid groups (broad SMARTS) is 1. The van der Waals surface area contributed by atoms with Crippen molar-refractivity contribution >= 4 is 44.5 Å². The van der Waals surface area contributed by atoms with Gasteiger partial charge in [0.2, 0.25) is 0 Å². The lowest BCUT2D eigenvalue weighted by atomic mass is 10.1. The van der Waals surface area contributed by atoms with Crippen LogP contribution in [0.25, 0.3) is 0 Å². The number of carboxylic acids is 1. The lowest BCUT2D eigenvalue weighted by molar-refractivity contribution is 0.0695. The molecule has 13 heavy (non-hydrogen) atoms. The molecule has 0 atom stereocenters. The smallest absolute Gasteiger partial charge is 0.338 e. The largest absolute Gasteiger partial charge is 0.478 e. The molecular formula is C8H3BrINO2. The van der Waals surface area contributed by atoms with E-state index in [0.717, 1.165) is 0 Å². The molecule has 0 fully saturated rings. The minimum Gasteiger partial charge on any atom is -0.478 e. The molecule has 1 rings (SSSR count). The average Bonchev–Trinajstić information content (AvgIpc) is 2.07. The molecule has 0 radical (unpaired) electrons. The van der Waals surface area contributed by atoms with Gasteiger partial charge in [-0.15, -0.1) is 0 Å². The van der Waals surface area contributed by atoms with Gasteiger partial charge >= 0.3 is 5.97 Å². The molecule has 0 aliphatic rings. The first-order chi connectivity index (χ1) is 6.07. The number of hydrogen-bond acceptors (Lipinski definition) is 2. The molecular weight excluding hydrogens is 349 g/mol. The van der Waals surface area contributed by atoms with Crippen LogP contribution in [-0.4, -0.2) is 11.1 Å². The zero-order valence-electron chi connectivity index (χ0n) is 6.21. The average molecular weight is 352 g/mol. The number of aromatic carboxylic acids is 1. The third-order valence-electron chi connectivity index (χ3n) is 1.43. The highest BCUT2D eigenvalue weighted by atomic mass is 127. The molecule has 1 aromatic carbocycles. The van der Waals surface area contributed by atoms with Gasteiger partial charge in [-0.3, -0.25) is 0 Å². The molecule has 1 aromatic rings. The van der Waals surface area contributed by atoms with Crippen LogP contribution in [0.2, 0.25) is 0 Å². The lowest BCUT2D eigenvalue weighted by Gasteiger charge is -2.02. The molecule has 0 aromatic heterocycles. The highest BCUT2D eigenvalue weighted by Gasteiger charge is 2.16. The van der Waals surface area contributed by atoms with Crippen LogP contribution in [0.1, 0.15) is 15.9 Å². The molecule has 5 heteroatoms. The summed E-state index contributed by atoms with van der Waals surface area (Å²) in [4.78, 5) is 10.8. The molecule has 0 aliphatic carbocycles. The summed E-state index contributed by atoms with van der Waals surface area (Å²) < 4.78 is 1.07. The third kappa shape index (κ3) is 2.00. The zero-order valence-corrected chi connectivity index (χ0v) is 9.96. The van der Waals surface area contributed by atoms with Gasteiger partial charge in [-0.25, -0.2) is 4.79 Å². The standard InChI is InChI=1S/C8H3BrINO2/c9-5-1-2-6(10)4(3-11)7(5)8(12)13/h1-2H,(H,12,13). The zero-order chi connectivity index (χ0) is 10.0. The van der Waals surface area contributed by atoms with Gasteiger partial charge in [0.1, 0.15) is 6.07 Å². The van der Waals surface area contributed by atoms with Gasteiger partial charge in [-0.1, -0.05) is 0 Å². The van der Waals surface area contributed by atoms with Crippen LogP contribution < -0.4 is 0 Å². The van der Waals surface area contributed by atoms with Crippen LogP contribution in [0, 0.1) is 14.9 Å². The molecule has 1 N–H and O–H groups in total. The van der Waals surface area contributed by atoms with Gasteiger partial charge in [0, 0.05) is 8.04 Å². The van der Waals surface area contributed by atoms with Crippen molar-refractivity contribution in [3.05, 3.63) is 31.3 Å². The summed E-state index contributed by atoms with van der Waals surface area (Å²) in [6.07, 6.45) is 0. The summed E-state index contributed by atoms with van der Waals surface area (Å²) in [6.45, 7) is 0. The van der Waals surface area contributed by atoms with Crippen molar-refractivity contribution in [3.63, 3.8) is 0 Å². The third-order valence-corrected chi connectivity index (χ3v) is 2.99. The Morgan fingerprint density at radius 3 is 2.62 bits per heavy atom. The first-order valence-electron chi connectivity index (χ1n) is 3.19. The highest BCUT2D eigenvalue weighted by Crippen LogP contribution is 2.24. The van der Waals surface area contributed by atoms with Crippen molar-refractivity contribution < 1.29 is 9.90 Å². The first-order valence-corrected chi connectivity index (χ1v) is 5.06. The van der Waals surface area contributed by atoms with Crippen molar-refractivity contribution in [3.8, 4) is 6.07 Å². The first kappa shape index (κ1) is 10.5. The summed E-state index contributed by atoms with van der Waals surface area (Å²) in [5.41, 5.74) is 0.219. The van der Waals surface area contributed by atoms with Crippen LogP contribution in [0.4, 0.5) is 0 Å². The highest BCUT2D eigenvalue weighted by molar-refractivity contribution is 14.1. The second-order valence-electron chi connectivity index (χ2n) is 2.20. The minimum atomic E-state index is -1.10. The molecule has 0 spiro atoms. The molecule has 0 unspecified atom stereocenters. The predicted octanol–water partition coefficient (Wildman–Crippen LogP) is 2.62. The van der Waals surface area contributed by atoms with Crippen LogP contribution >= 0.6 is 38.5 Å². The van der Waals surface area contributed by atoms with E-state index in [4.69, 9.17) is 10.4 Å². The summed E-state index contributed by atoms with van der Waals surface area (Å²) in [7, 11) is 0. The van der Waals surface area contributed by atoms with E-state index >= 15 is 0 Å². The Balaban J connectivity index is 3.55. The molecule has 0 heterocycles. The van der Waals surface area contributed by atoms with Gasteiger partial charge < -0.3 is 5.11 Å². The van der Waals surface area contributed by atoms with Crippen molar-refractivity contribution in [1.82, 2.24) is 0 Å². The minimum absolute atomic E-state index is 0.0226. The summed E-state index contributed by atoms with van der Waals surface area (Å²) in [5, 5.41) is 17.6. The quantitative estimate of drug-likeness (QED) is 0.791. The Labute approximate surface area is 96.6 Å². The van der Waals surface area contributed by atoms with Crippen molar-refractivity contribution in [2.75, 3.05) is 0 Å². The Bertz CT molecular complexity index is 411. The van der Waals surface area contributed by atoms with E-state index < -0.39 is 5.97 Å². The van der Waals surface area contributed by atoms with E-state index in [1.54, 1.807) is 12.1 Å². The summed E-state index contributed by atoms with van der Waals surface area (Å²) in [6, 6.07) is 5.17. The Kier molecular flexibility index (Phi) is 3.27. The Hall–Kier alpha value is -0.610. The maximum atomic E-state index is 10.8. The van der Waals surface area contributed by atoms with E-state index in [2.05, 4.69) is 15.9 Å². The van der Waals surface area contributed by atoms with Gasteiger partial charge in [-0.2, -0.15) is 5.26 Å². The van der Waals surface area contributed by atoms with Gasteiger partial charge in [0.05, 0.1) is 11.1 Å². The number of benzene rings is 1. The van der Waals surface area contributed by atoms with Crippen molar-refractivity contribution in [2.24, 2.45) is 0 Å². The normalized spacial score (nSPS) is 9.31. The number of carbonyl (C=O) groups is 1. The monoisotopic (exact) mass is 351 g/mol. The molecule has 0 aliphatic heterocycles. The number of halogens is 2. The second kappa shape index (κ2) is 4.07. The van der Waals surface area contributed by atoms with E-state index in [0.29, 0.717) is 8.04 Å². The fourth-order valence-electron chi connectivity index (χ4n) is 0.870. The van der Waals surface area contributed by atoms with E-state index in [1.165, 1.54) is 0 Å². The Morgan fingerprint density at radius 1 is 1.62 bits per heavy atom. The lowest BCUT2D eigenvalue weighted by Crippen LogP contribution is -2.03. The van der Waals surface area contributed by atoms with Gasteiger partial charge in [0.25, 0.3) is 0 Å². The van der Waals surface area contributed by atoms with Gasteiger partial charge in [0.15, 0.2) is 0 Å². The van der Waals surface area contributed by atoms with E-state index in [-0.39, 0.29) is 11.1 Å². The van der Waals surface area contributed by atoms with Crippen molar-refractivity contribution in [1.29, 1.82) is 5.26 Å².